The average molecular weight is 300 g/mol. The molecule has 0 unspecified atom stereocenters. The monoisotopic (exact) mass is 300 g/mol. The van der Waals surface area contributed by atoms with Crippen molar-refractivity contribution in [2.24, 2.45) is 0 Å². The quantitative estimate of drug-likeness (QED) is 0.830. The van der Waals surface area contributed by atoms with E-state index in [1.807, 2.05) is 25.3 Å². The highest BCUT2D eigenvalue weighted by Gasteiger charge is 2.35. The van der Waals surface area contributed by atoms with Gasteiger partial charge < -0.3 is 14.3 Å². The summed E-state index contributed by atoms with van der Waals surface area (Å²) in [6.07, 6.45) is 1.86. The third-order valence-electron chi connectivity index (χ3n) is 4.45. The standard InChI is InChI=1S/C15H20N6O/c1-12-17-15(22-18-12)21-10-13(11-21)19-6-8-20(9-7-19)14-4-2-3-5-16-14/h2-5,13H,6-11H2,1H3. The lowest BCUT2D eigenvalue weighted by molar-refractivity contribution is 0.152. The van der Waals surface area contributed by atoms with Gasteiger partial charge in [-0.1, -0.05) is 11.2 Å². The van der Waals surface area contributed by atoms with Crippen molar-refractivity contribution in [1.29, 1.82) is 0 Å². The highest BCUT2D eigenvalue weighted by atomic mass is 16.5. The Labute approximate surface area is 129 Å². The molecule has 0 aliphatic carbocycles. The van der Waals surface area contributed by atoms with Crippen LogP contribution in [0.3, 0.4) is 0 Å². The van der Waals surface area contributed by atoms with Gasteiger partial charge in [0.1, 0.15) is 5.82 Å². The van der Waals surface area contributed by atoms with Crippen molar-refractivity contribution < 1.29 is 4.52 Å². The van der Waals surface area contributed by atoms with Gasteiger partial charge in [-0.15, -0.1) is 0 Å². The van der Waals surface area contributed by atoms with Crippen molar-refractivity contribution in [3.63, 3.8) is 0 Å². The molecule has 22 heavy (non-hydrogen) atoms. The van der Waals surface area contributed by atoms with E-state index in [1.165, 1.54) is 0 Å². The average Bonchev–Trinajstić information content (AvgIpc) is 2.94. The first kappa shape index (κ1) is 13.5. The maximum absolute atomic E-state index is 5.21. The topological polar surface area (TPSA) is 61.5 Å². The van der Waals surface area contributed by atoms with Gasteiger partial charge in [0.05, 0.1) is 0 Å². The van der Waals surface area contributed by atoms with Gasteiger partial charge in [-0.3, -0.25) is 4.90 Å². The Morgan fingerprint density at radius 2 is 1.91 bits per heavy atom. The van der Waals surface area contributed by atoms with Gasteiger partial charge >= 0.3 is 6.01 Å². The van der Waals surface area contributed by atoms with Crippen LogP contribution in [0.5, 0.6) is 0 Å². The van der Waals surface area contributed by atoms with Gasteiger partial charge in [-0.2, -0.15) is 4.98 Å². The van der Waals surface area contributed by atoms with Gasteiger partial charge in [0, 0.05) is 51.5 Å². The minimum atomic E-state index is 0.595. The first-order valence-electron chi connectivity index (χ1n) is 7.75. The first-order chi connectivity index (χ1) is 10.8. The maximum atomic E-state index is 5.21. The summed E-state index contributed by atoms with van der Waals surface area (Å²) in [6.45, 7) is 8.04. The van der Waals surface area contributed by atoms with Crippen molar-refractivity contribution in [3.8, 4) is 0 Å². The molecule has 4 rings (SSSR count). The second-order valence-electron chi connectivity index (χ2n) is 5.89. The third kappa shape index (κ3) is 2.52. The van der Waals surface area contributed by atoms with Crippen LogP contribution in [0.2, 0.25) is 0 Å². The van der Waals surface area contributed by atoms with Gasteiger partial charge in [-0.05, 0) is 19.1 Å². The molecule has 4 heterocycles. The van der Waals surface area contributed by atoms with E-state index in [0.29, 0.717) is 17.9 Å². The van der Waals surface area contributed by atoms with Crippen LogP contribution in [0.25, 0.3) is 0 Å². The highest BCUT2D eigenvalue weighted by molar-refractivity contribution is 5.38. The van der Waals surface area contributed by atoms with Crippen LogP contribution in [-0.2, 0) is 0 Å². The summed E-state index contributed by atoms with van der Waals surface area (Å²) in [6, 6.07) is 7.34. The maximum Gasteiger partial charge on any atom is 0.324 e. The molecule has 2 aromatic heterocycles. The lowest BCUT2D eigenvalue weighted by atomic mass is 10.1. The number of piperazine rings is 1. The summed E-state index contributed by atoms with van der Waals surface area (Å²) >= 11 is 0. The summed E-state index contributed by atoms with van der Waals surface area (Å²) in [4.78, 5) is 15.8. The molecule has 2 aliphatic rings. The SMILES string of the molecule is Cc1noc(N2CC(N3CCN(c4ccccn4)CC3)C2)n1. The second-order valence-corrected chi connectivity index (χ2v) is 5.89. The fraction of sp³-hybridized carbons (Fsp3) is 0.533. The minimum Gasteiger partial charge on any atom is -0.354 e. The molecule has 0 atom stereocenters. The number of aromatic nitrogens is 3. The fourth-order valence-electron chi connectivity index (χ4n) is 3.11. The van der Waals surface area contributed by atoms with Crippen LogP contribution in [-0.4, -0.2) is 65.3 Å². The number of nitrogens with zero attached hydrogens (tertiary/aromatic N) is 6. The zero-order valence-corrected chi connectivity index (χ0v) is 12.7. The van der Waals surface area contributed by atoms with Crippen molar-refractivity contribution in [3.05, 3.63) is 30.2 Å². The van der Waals surface area contributed by atoms with E-state index in [4.69, 9.17) is 4.52 Å². The number of hydrogen-bond donors (Lipinski definition) is 0. The number of rotatable bonds is 3. The fourth-order valence-corrected chi connectivity index (χ4v) is 3.11. The summed E-state index contributed by atoms with van der Waals surface area (Å²) in [5.74, 6) is 1.78. The number of hydrogen-bond acceptors (Lipinski definition) is 7. The lowest BCUT2D eigenvalue weighted by Crippen LogP contribution is -2.63. The lowest BCUT2D eigenvalue weighted by Gasteiger charge is -2.47. The Hall–Kier alpha value is -2.15. The normalized spacial score (nSPS) is 20.2. The smallest absolute Gasteiger partial charge is 0.324 e. The number of aryl methyl sites for hydroxylation is 1. The van der Waals surface area contributed by atoms with E-state index in [2.05, 4.69) is 35.9 Å². The Morgan fingerprint density at radius 1 is 1.09 bits per heavy atom. The van der Waals surface area contributed by atoms with E-state index >= 15 is 0 Å². The van der Waals surface area contributed by atoms with E-state index in [1.54, 1.807) is 0 Å². The minimum absolute atomic E-state index is 0.595. The molecule has 0 spiro atoms. The molecule has 2 fully saturated rings. The molecule has 7 heteroatoms. The molecular formula is C15H20N6O. The predicted molar refractivity (Wildman–Crippen MR) is 83.1 cm³/mol. The number of pyridine rings is 1. The third-order valence-corrected chi connectivity index (χ3v) is 4.45. The summed E-state index contributed by atoms with van der Waals surface area (Å²) in [7, 11) is 0. The first-order valence-corrected chi connectivity index (χ1v) is 7.75. The second kappa shape index (κ2) is 5.57. The van der Waals surface area contributed by atoms with Gasteiger partial charge in [0.25, 0.3) is 0 Å². The zero-order chi connectivity index (χ0) is 14.9. The van der Waals surface area contributed by atoms with Crippen molar-refractivity contribution >= 4 is 11.8 Å². The Kier molecular flexibility index (Phi) is 3.42. The van der Waals surface area contributed by atoms with E-state index < -0.39 is 0 Å². The molecule has 2 aliphatic heterocycles. The molecule has 0 bridgehead atoms. The summed E-state index contributed by atoms with van der Waals surface area (Å²) in [5.41, 5.74) is 0. The van der Waals surface area contributed by atoms with E-state index in [-0.39, 0.29) is 0 Å². The van der Waals surface area contributed by atoms with Crippen molar-refractivity contribution in [2.75, 3.05) is 49.1 Å². The van der Waals surface area contributed by atoms with Crippen molar-refractivity contribution in [1.82, 2.24) is 20.0 Å². The molecule has 0 radical (unpaired) electrons. The van der Waals surface area contributed by atoms with Crippen LogP contribution in [0.15, 0.2) is 28.9 Å². The van der Waals surface area contributed by atoms with Crippen LogP contribution < -0.4 is 9.80 Å². The van der Waals surface area contributed by atoms with E-state index in [0.717, 1.165) is 45.1 Å². The van der Waals surface area contributed by atoms with Crippen LogP contribution in [0.4, 0.5) is 11.8 Å². The highest BCUT2D eigenvalue weighted by Crippen LogP contribution is 2.23. The Balaban J connectivity index is 1.29. The summed E-state index contributed by atoms with van der Waals surface area (Å²) in [5, 5.41) is 3.85. The van der Waals surface area contributed by atoms with E-state index in [9.17, 15) is 0 Å². The van der Waals surface area contributed by atoms with Crippen LogP contribution >= 0.6 is 0 Å². The molecule has 7 nitrogen and oxygen atoms in total. The van der Waals surface area contributed by atoms with Gasteiger partial charge in [0.2, 0.25) is 0 Å². The van der Waals surface area contributed by atoms with Gasteiger partial charge in [-0.25, -0.2) is 4.98 Å². The summed E-state index contributed by atoms with van der Waals surface area (Å²) < 4.78 is 5.21. The van der Waals surface area contributed by atoms with Crippen molar-refractivity contribution in [2.45, 2.75) is 13.0 Å². The Bertz CT molecular complexity index is 616. The zero-order valence-electron chi connectivity index (χ0n) is 12.7. The molecule has 0 aromatic carbocycles. The van der Waals surface area contributed by atoms with Crippen LogP contribution in [0, 0.1) is 6.92 Å². The molecule has 0 N–H and O–H groups in total. The molecular weight excluding hydrogens is 280 g/mol. The molecule has 116 valence electrons. The molecule has 2 saturated heterocycles. The van der Waals surface area contributed by atoms with Crippen LogP contribution in [0.1, 0.15) is 5.82 Å². The predicted octanol–water partition coefficient (Wildman–Crippen LogP) is 0.784. The number of anilines is 2. The molecule has 0 saturated carbocycles. The molecule has 2 aromatic rings. The van der Waals surface area contributed by atoms with Gasteiger partial charge in [0.15, 0.2) is 5.82 Å². The largest absolute Gasteiger partial charge is 0.354 e. The molecule has 0 amide bonds. The Morgan fingerprint density at radius 3 is 2.55 bits per heavy atom.